The number of ether oxygens (including phenoxy) is 3. The van der Waals surface area contributed by atoms with Gasteiger partial charge in [-0.3, -0.25) is 19.9 Å². The number of nitrogens with zero attached hydrogens (tertiary/aromatic N) is 4. The van der Waals surface area contributed by atoms with E-state index in [1.165, 1.54) is 25.3 Å². The average molecular weight is 795 g/mol. The molecular formula is C45H54N4O9. The quantitative estimate of drug-likeness (QED) is 0.0413. The van der Waals surface area contributed by atoms with E-state index < -0.39 is 22.7 Å². The molecule has 1 aromatic heterocycles. The minimum atomic E-state index is -1.39. The smallest absolute Gasteiger partial charge is 0.269 e. The van der Waals surface area contributed by atoms with Gasteiger partial charge in [0, 0.05) is 62.1 Å². The minimum absolute atomic E-state index is 0.0398. The van der Waals surface area contributed by atoms with Gasteiger partial charge in [0.1, 0.15) is 31.3 Å². The number of carbonyl (C=O) groups excluding carboxylic acids is 1. The molecule has 2 aromatic carbocycles. The van der Waals surface area contributed by atoms with E-state index in [2.05, 4.69) is 28.9 Å². The lowest BCUT2D eigenvalue weighted by atomic mass is 9.55. The molecule has 3 aliphatic rings. The summed E-state index contributed by atoms with van der Waals surface area (Å²) in [5, 5.41) is 35.4. The highest BCUT2D eigenvalue weighted by Crippen LogP contribution is 2.61. The third-order valence-corrected chi connectivity index (χ3v) is 11.5. The van der Waals surface area contributed by atoms with Crippen molar-refractivity contribution in [2.75, 3.05) is 34.0 Å². The number of likely N-dealkylation sites (N-methyl/N-ethyl adjacent to an activating group) is 1. The molecule has 13 heteroatoms. The summed E-state index contributed by atoms with van der Waals surface area (Å²) >= 11 is 0. The van der Waals surface area contributed by atoms with Crippen LogP contribution in [0.25, 0.3) is 6.08 Å². The van der Waals surface area contributed by atoms with Crippen molar-refractivity contribution < 1.29 is 39.0 Å². The lowest BCUT2D eigenvalue weighted by Gasteiger charge is -2.59. The number of rotatable bonds is 19. The van der Waals surface area contributed by atoms with Gasteiger partial charge in [0.2, 0.25) is 11.7 Å². The molecule has 0 spiro atoms. The number of aliphatic hydroxyl groups excluding tert-OH is 2. The number of hydrogen-bond donors (Lipinski definition) is 2. The van der Waals surface area contributed by atoms with Crippen molar-refractivity contribution in [2.45, 2.75) is 76.2 Å². The maximum atomic E-state index is 14.2. The van der Waals surface area contributed by atoms with E-state index in [-0.39, 0.29) is 62.2 Å². The third-order valence-electron chi connectivity index (χ3n) is 11.5. The van der Waals surface area contributed by atoms with E-state index in [0.717, 1.165) is 48.2 Å². The van der Waals surface area contributed by atoms with Crippen LogP contribution in [0.4, 0.5) is 5.69 Å². The summed E-state index contributed by atoms with van der Waals surface area (Å²) in [7, 11) is 3.23. The third kappa shape index (κ3) is 9.17. The van der Waals surface area contributed by atoms with E-state index in [1.807, 2.05) is 37.3 Å². The van der Waals surface area contributed by atoms with Crippen LogP contribution in [0.15, 0.2) is 96.2 Å². The Balaban J connectivity index is 1.48. The topological polar surface area (TPSA) is 166 Å². The lowest BCUT2D eigenvalue weighted by Crippen LogP contribution is -2.69. The summed E-state index contributed by atoms with van der Waals surface area (Å²) in [6.07, 6.45) is 11.9. The summed E-state index contributed by atoms with van der Waals surface area (Å²) in [6, 6.07) is 17.0. The number of nitro groups is 1. The van der Waals surface area contributed by atoms with Gasteiger partial charge in [-0.15, -0.1) is 6.58 Å². The van der Waals surface area contributed by atoms with Gasteiger partial charge >= 0.3 is 0 Å². The maximum Gasteiger partial charge on any atom is 0.269 e. The number of carbonyl (C=O) groups is 1. The van der Waals surface area contributed by atoms with Crippen LogP contribution in [-0.4, -0.2) is 82.4 Å². The molecule has 308 valence electrons. The molecule has 1 aliphatic heterocycles. The Bertz CT molecular complexity index is 2010. The fourth-order valence-corrected chi connectivity index (χ4v) is 8.91. The Kier molecular flexibility index (Phi) is 14.1. The molecule has 0 saturated heterocycles. The Hall–Kier alpha value is -5.37. The number of benzene rings is 2. The van der Waals surface area contributed by atoms with Crippen LogP contribution in [0, 0.1) is 34.8 Å². The zero-order chi connectivity index (χ0) is 41.2. The minimum Gasteiger partial charge on any atom is -0.487 e. The van der Waals surface area contributed by atoms with Crippen molar-refractivity contribution in [2.24, 2.45) is 22.9 Å². The summed E-state index contributed by atoms with van der Waals surface area (Å²) in [6.45, 7) is 6.52. The molecule has 0 bridgehead atoms. The Morgan fingerprint density at radius 1 is 1.10 bits per heavy atom. The summed E-state index contributed by atoms with van der Waals surface area (Å²) in [5.41, 5.74) is 4.87. The number of nitro benzene ring substituents is 1. The fraction of sp³-hybridized carbons (Fsp3) is 0.444. The van der Waals surface area contributed by atoms with Gasteiger partial charge in [-0.1, -0.05) is 36.2 Å². The molecule has 0 radical (unpaired) electrons. The van der Waals surface area contributed by atoms with E-state index in [4.69, 9.17) is 19.0 Å². The molecule has 6 rings (SSSR count). The highest BCUT2D eigenvalue weighted by molar-refractivity contribution is 6.03. The summed E-state index contributed by atoms with van der Waals surface area (Å²) in [5.74, 6) is -0.941. The van der Waals surface area contributed by atoms with Crippen LogP contribution in [0.3, 0.4) is 0 Å². The van der Waals surface area contributed by atoms with E-state index in [1.54, 1.807) is 36.2 Å². The van der Waals surface area contributed by atoms with Crippen LogP contribution in [0.5, 0.6) is 11.5 Å². The SMILES string of the molecule is C=CCO[C@@]12Oc3ccc(OCc4cccc(C)n4)cc3[C@H]3[C@H](CCCCO)[C@@H](CCCCO)C=C(C(=NOC)C[C@@H]1N(C)C(=O)C=Cc1ccc([N+](=O)[O-])cc1)[C@H]32. The second-order valence-electron chi connectivity index (χ2n) is 15.1. The van der Waals surface area contributed by atoms with Crippen LogP contribution in [0.2, 0.25) is 0 Å². The van der Waals surface area contributed by atoms with Gasteiger partial charge in [0.25, 0.3) is 5.69 Å². The second kappa shape index (κ2) is 19.4. The number of fused-ring (bicyclic) bond motifs is 2. The fourth-order valence-electron chi connectivity index (χ4n) is 8.91. The predicted octanol–water partition coefficient (Wildman–Crippen LogP) is 7.31. The number of oxime groups is 1. The number of allylic oxidation sites excluding steroid dienone is 1. The number of unbranched alkanes of at least 4 members (excludes halogenated alkanes) is 2. The van der Waals surface area contributed by atoms with Crippen molar-refractivity contribution in [3.63, 3.8) is 0 Å². The van der Waals surface area contributed by atoms with Gasteiger partial charge in [-0.05, 0) is 104 Å². The molecule has 2 aliphatic carbocycles. The predicted molar refractivity (Wildman–Crippen MR) is 220 cm³/mol. The van der Waals surface area contributed by atoms with Crippen LogP contribution in [-0.2, 0) is 21.0 Å². The molecule has 0 unspecified atom stereocenters. The van der Waals surface area contributed by atoms with Crippen molar-refractivity contribution in [1.29, 1.82) is 0 Å². The molecule has 1 fully saturated rings. The van der Waals surface area contributed by atoms with Gasteiger partial charge in [0.05, 0.1) is 28.9 Å². The molecule has 2 heterocycles. The number of amides is 1. The maximum absolute atomic E-state index is 14.2. The first-order valence-electron chi connectivity index (χ1n) is 20.0. The number of aliphatic hydroxyl groups is 2. The van der Waals surface area contributed by atoms with Crippen molar-refractivity contribution in [3.8, 4) is 11.5 Å². The monoisotopic (exact) mass is 794 g/mol. The van der Waals surface area contributed by atoms with E-state index in [0.29, 0.717) is 35.6 Å². The molecule has 6 atom stereocenters. The van der Waals surface area contributed by atoms with Crippen molar-refractivity contribution >= 4 is 23.4 Å². The number of pyridine rings is 1. The van der Waals surface area contributed by atoms with E-state index in [9.17, 15) is 25.1 Å². The summed E-state index contributed by atoms with van der Waals surface area (Å²) in [4.78, 5) is 36.6. The highest BCUT2D eigenvalue weighted by Gasteiger charge is 2.65. The lowest BCUT2D eigenvalue weighted by molar-refractivity contribution is -0.384. The number of non-ortho nitro benzene ring substituents is 1. The van der Waals surface area contributed by atoms with Crippen LogP contribution < -0.4 is 9.47 Å². The normalized spacial score (nSPS) is 24.0. The van der Waals surface area contributed by atoms with Gasteiger partial charge in [0.15, 0.2) is 0 Å². The molecular weight excluding hydrogens is 741 g/mol. The molecule has 2 N–H and O–H groups in total. The number of hydrogen-bond acceptors (Lipinski definition) is 11. The van der Waals surface area contributed by atoms with Crippen molar-refractivity contribution in [3.05, 3.63) is 124 Å². The molecule has 58 heavy (non-hydrogen) atoms. The molecule has 1 saturated carbocycles. The van der Waals surface area contributed by atoms with Gasteiger partial charge in [-0.25, -0.2) is 0 Å². The first-order valence-corrected chi connectivity index (χ1v) is 20.0. The Labute approximate surface area is 339 Å². The van der Waals surface area contributed by atoms with Gasteiger partial charge in [-0.2, -0.15) is 0 Å². The molecule has 3 aromatic rings. The first-order chi connectivity index (χ1) is 28.1. The standard InChI is InChI=1S/C45H54N4O9/c1-5-25-57-45-41(48(3)42(52)22-17-31-15-18-34(19-16-31)49(53)54)28-39(47-55-4)37-26-32(12-6-8-23-50)36(14-7-9-24-51)43(44(37)45)38-27-35(20-21-40(38)58-45)56-29-33-13-10-11-30(2)46-33/h5,10-11,13,15-22,26-27,32,36,41,43-44,50-51H,1,6-9,12,14,23-25,28-29H2,2-4H3/t32-,36+,41-,43+,44+,45+/m0/s1. The Morgan fingerprint density at radius 3 is 2.55 bits per heavy atom. The van der Waals surface area contributed by atoms with Crippen molar-refractivity contribution in [1.82, 2.24) is 9.88 Å². The van der Waals surface area contributed by atoms with Crippen LogP contribution in [0.1, 0.15) is 73.4 Å². The number of aromatic nitrogens is 1. The highest BCUT2D eigenvalue weighted by atomic mass is 16.7. The zero-order valence-corrected chi connectivity index (χ0v) is 33.5. The first kappa shape index (κ1) is 42.2. The zero-order valence-electron chi connectivity index (χ0n) is 33.5. The largest absolute Gasteiger partial charge is 0.487 e. The Morgan fingerprint density at radius 2 is 1.86 bits per heavy atom. The van der Waals surface area contributed by atoms with E-state index >= 15 is 0 Å². The number of aryl methyl sites for hydroxylation is 1. The second-order valence-corrected chi connectivity index (χ2v) is 15.1. The molecule has 1 amide bonds. The average Bonchev–Trinajstić information content (AvgIpc) is 3.22. The summed E-state index contributed by atoms with van der Waals surface area (Å²) < 4.78 is 20.5. The van der Waals surface area contributed by atoms with Crippen LogP contribution >= 0.6 is 0 Å². The van der Waals surface area contributed by atoms with Gasteiger partial charge < -0.3 is 34.2 Å². The molecule has 13 nitrogen and oxygen atoms in total.